The number of aliphatic carboxylic acids is 1. The second kappa shape index (κ2) is 7.63. The smallest absolute Gasteiger partial charge is 0.328 e. The van der Waals surface area contributed by atoms with Gasteiger partial charge >= 0.3 is 5.97 Å². The van der Waals surface area contributed by atoms with Crippen LogP contribution in [0.4, 0.5) is 0 Å². The first kappa shape index (κ1) is 17.7. The third-order valence-electron chi connectivity index (χ3n) is 2.98. The van der Waals surface area contributed by atoms with Crippen LogP contribution in [0.5, 0.6) is 0 Å². The highest BCUT2D eigenvalue weighted by molar-refractivity contribution is 7.98. The number of carbonyl (C=O) groups is 1. The van der Waals surface area contributed by atoms with E-state index in [1.54, 1.807) is 30.9 Å². The summed E-state index contributed by atoms with van der Waals surface area (Å²) in [4.78, 5) is 10.7. The quantitative estimate of drug-likeness (QED) is 0.776. The zero-order valence-electron chi connectivity index (χ0n) is 12.2. The van der Waals surface area contributed by atoms with Crippen molar-refractivity contribution >= 4 is 33.8 Å². The second-order valence-corrected chi connectivity index (χ2v) is 7.48. The van der Waals surface area contributed by atoms with Crippen LogP contribution in [0.1, 0.15) is 12.5 Å². The molecule has 0 spiro atoms. The molecule has 0 aliphatic rings. The minimum absolute atomic E-state index is 0.122. The fraction of sp³-hybridized carbons (Fsp3) is 0.357. The van der Waals surface area contributed by atoms with Crippen molar-refractivity contribution in [2.45, 2.75) is 17.9 Å². The molecule has 1 aromatic carbocycles. The average Bonchev–Trinajstić information content (AvgIpc) is 2.44. The van der Waals surface area contributed by atoms with Gasteiger partial charge in [-0.05, 0) is 37.0 Å². The summed E-state index contributed by atoms with van der Waals surface area (Å²) in [7, 11) is -2.03. The van der Waals surface area contributed by atoms with Crippen LogP contribution in [0, 0.1) is 0 Å². The lowest BCUT2D eigenvalue weighted by molar-refractivity contribution is -0.131. The Morgan fingerprint density at radius 3 is 2.71 bits per heavy atom. The molecule has 0 saturated heterocycles. The number of carboxylic acid groups (broad SMARTS) is 1. The first-order valence-electron chi connectivity index (χ1n) is 6.27. The predicted molar refractivity (Wildman–Crippen MR) is 85.9 cm³/mol. The Kier molecular flexibility index (Phi) is 6.44. The second-order valence-electron chi connectivity index (χ2n) is 4.57. The van der Waals surface area contributed by atoms with Gasteiger partial charge in [-0.15, -0.1) is 0 Å². The van der Waals surface area contributed by atoms with E-state index in [0.717, 1.165) is 6.08 Å². The van der Waals surface area contributed by atoms with Gasteiger partial charge in [0.15, 0.2) is 0 Å². The maximum Gasteiger partial charge on any atom is 0.328 e. The molecule has 21 heavy (non-hydrogen) atoms. The van der Waals surface area contributed by atoms with Gasteiger partial charge in [0.1, 0.15) is 0 Å². The number of benzene rings is 1. The molecule has 0 saturated carbocycles. The lowest BCUT2D eigenvalue weighted by Crippen LogP contribution is -2.36. The predicted octanol–water partition coefficient (Wildman–Crippen LogP) is 2.16. The number of hydrogen-bond donors (Lipinski definition) is 1. The van der Waals surface area contributed by atoms with Crippen molar-refractivity contribution in [2.75, 3.05) is 19.1 Å². The van der Waals surface area contributed by atoms with Gasteiger partial charge in [-0.2, -0.15) is 16.1 Å². The molecule has 0 aliphatic heterocycles. The van der Waals surface area contributed by atoms with E-state index in [0.29, 0.717) is 11.3 Å². The van der Waals surface area contributed by atoms with Crippen LogP contribution in [-0.2, 0) is 14.8 Å². The maximum atomic E-state index is 12.5. The highest BCUT2D eigenvalue weighted by atomic mass is 32.2. The minimum atomic E-state index is -3.58. The molecule has 1 unspecified atom stereocenters. The molecule has 0 radical (unpaired) electrons. The summed E-state index contributed by atoms with van der Waals surface area (Å²) in [6.07, 6.45) is 4.27. The summed E-state index contributed by atoms with van der Waals surface area (Å²) in [5.74, 6) is -0.372. The van der Waals surface area contributed by atoms with Crippen LogP contribution in [-0.4, -0.2) is 48.9 Å². The third kappa shape index (κ3) is 4.87. The van der Waals surface area contributed by atoms with Crippen molar-refractivity contribution in [1.29, 1.82) is 0 Å². The SMILES string of the molecule is CSCC(C)N(C)S(=O)(=O)c1cccc(/C=C/C(=O)O)c1. The van der Waals surface area contributed by atoms with E-state index >= 15 is 0 Å². The van der Waals surface area contributed by atoms with Crippen LogP contribution in [0.2, 0.25) is 0 Å². The Balaban J connectivity index is 3.09. The van der Waals surface area contributed by atoms with Gasteiger partial charge in [-0.25, -0.2) is 13.2 Å². The Morgan fingerprint density at radius 2 is 2.14 bits per heavy atom. The summed E-state index contributed by atoms with van der Waals surface area (Å²) < 4.78 is 26.4. The zero-order chi connectivity index (χ0) is 16.0. The van der Waals surface area contributed by atoms with Crippen molar-refractivity contribution in [1.82, 2.24) is 4.31 Å². The van der Waals surface area contributed by atoms with Crippen LogP contribution < -0.4 is 0 Å². The number of nitrogens with zero attached hydrogens (tertiary/aromatic N) is 1. The largest absolute Gasteiger partial charge is 0.478 e. The Hall–Kier alpha value is -1.31. The molecule has 5 nitrogen and oxygen atoms in total. The molecule has 0 bridgehead atoms. The number of carboxylic acids is 1. The van der Waals surface area contributed by atoms with E-state index in [1.165, 1.54) is 22.5 Å². The number of sulfonamides is 1. The molecule has 0 heterocycles. The zero-order valence-corrected chi connectivity index (χ0v) is 13.8. The van der Waals surface area contributed by atoms with Crippen LogP contribution in [0.3, 0.4) is 0 Å². The molecule has 116 valence electrons. The van der Waals surface area contributed by atoms with Gasteiger partial charge < -0.3 is 5.11 Å². The summed E-state index contributed by atoms with van der Waals surface area (Å²) in [5.41, 5.74) is 0.532. The summed E-state index contributed by atoms with van der Waals surface area (Å²) in [6.45, 7) is 1.85. The van der Waals surface area contributed by atoms with E-state index in [1.807, 2.05) is 13.2 Å². The van der Waals surface area contributed by atoms with Crippen LogP contribution in [0.15, 0.2) is 35.2 Å². The van der Waals surface area contributed by atoms with Gasteiger partial charge in [0, 0.05) is 24.9 Å². The molecule has 0 aromatic heterocycles. The molecule has 0 fully saturated rings. The van der Waals surface area contributed by atoms with Crippen LogP contribution >= 0.6 is 11.8 Å². The van der Waals surface area contributed by atoms with Crippen LogP contribution in [0.25, 0.3) is 6.08 Å². The number of thioether (sulfide) groups is 1. The standard InChI is InChI=1S/C14H19NO4S2/c1-11(10-20-3)15(2)21(18,19)13-6-4-5-12(9-13)7-8-14(16)17/h4-9,11H,10H2,1-3H3,(H,16,17)/b8-7+. The molecule has 1 N–H and O–H groups in total. The normalized spacial score (nSPS) is 13.7. The summed E-state index contributed by atoms with van der Waals surface area (Å²) in [6, 6.07) is 6.11. The molecule has 0 amide bonds. The Bertz CT molecular complexity index is 626. The van der Waals surface area contributed by atoms with Gasteiger partial charge in [0.05, 0.1) is 4.90 Å². The van der Waals surface area contributed by atoms with Gasteiger partial charge in [-0.1, -0.05) is 12.1 Å². The number of rotatable bonds is 7. The molecule has 1 rings (SSSR count). The third-order valence-corrected chi connectivity index (χ3v) is 5.77. The fourth-order valence-corrected chi connectivity index (χ4v) is 3.91. The van der Waals surface area contributed by atoms with Gasteiger partial charge in [-0.3, -0.25) is 0 Å². The topological polar surface area (TPSA) is 74.7 Å². The molecule has 1 atom stereocenters. The molecular formula is C14H19NO4S2. The first-order valence-corrected chi connectivity index (χ1v) is 9.10. The van der Waals surface area contributed by atoms with Crippen molar-refractivity contribution in [2.24, 2.45) is 0 Å². The van der Waals surface area contributed by atoms with E-state index in [9.17, 15) is 13.2 Å². The Morgan fingerprint density at radius 1 is 1.48 bits per heavy atom. The highest BCUT2D eigenvalue weighted by Gasteiger charge is 2.25. The maximum absolute atomic E-state index is 12.5. The Labute approximate surface area is 129 Å². The summed E-state index contributed by atoms with van der Waals surface area (Å²) in [5, 5.41) is 8.61. The average molecular weight is 329 g/mol. The van der Waals surface area contributed by atoms with Crippen molar-refractivity contribution in [3.05, 3.63) is 35.9 Å². The number of hydrogen-bond acceptors (Lipinski definition) is 4. The van der Waals surface area contributed by atoms with Crippen molar-refractivity contribution < 1.29 is 18.3 Å². The van der Waals surface area contributed by atoms with E-state index in [4.69, 9.17) is 5.11 Å². The molecule has 1 aromatic rings. The monoisotopic (exact) mass is 329 g/mol. The van der Waals surface area contributed by atoms with Crippen molar-refractivity contribution in [3.63, 3.8) is 0 Å². The van der Waals surface area contributed by atoms with E-state index in [2.05, 4.69) is 0 Å². The minimum Gasteiger partial charge on any atom is -0.478 e. The first-order chi connectivity index (χ1) is 9.78. The molecule has 0 aliphatic carbocycles. The molecule has 7 heteroatoms. The fourth-order valence-electron chi connectivity index (χ4n) is 1.70. The lowest BCUT2D eigenvalue weighted by Gasteiger charge is -2.23. The van der Waals surface area contributed by atoms with Gasteiger partial charge in [0.2, 0.25) is 10.0 Å². The van der Waals surface area contributed by atoms with Crippen molar-refractivity contribution in [3.8, 4) is 0 Å². The summed E-state index contributed by atoms with van der Waals surface area (Å²) >= 11 is 1.58. The lowest BCUT2D eigenvalue weighted by atomic mass is 10.2. The molecular weight excluding hydrogens is 310 g/mol. The highest BCUT2D eigenvalue weighted by Crippen LogP contribution is 2.19. The van der Waals surface area contributed by atoms with Gasteiger partial charge in [0.25, 0.3) is 0 Å². The van der Waals surface area contributed by atoms with E-state index in [-0.39, 0.29) is 10.9 Å². The van der Waals surface area contributed by atoms with E-state index < -0.39 is 16.0 Å².